The lowest BCUT2D eigenvalue weighted by Crippen LogP contribution is -2.36. The molecule has 1 aromatic heterocycles. The third-order valence-corrected chi connectivity index (χ3v) is 3.08. The van der Waals surface area contributed by atoms with E-state index in [2.05, 4.69) is 22.2 Å². The van der Waals surface area contributed by atoms with Gasteiger partial charge in [0, 0.05) is 17.8 Å². The summed E-state index contributed by atoms with van der Waals surface area (Å²) in [5, 5.41) is 3.82. The molecule has 1 saturated heterocycles. The maximum absolute atomic E-state index is 5.85. The van der Waals surface area contributed by atoms with Gasteiger partial charge in [-0.15, -0.1) is 0 Å². The number of hydrogen-bond donors (Lipinski definition) is 2. The van der Waals surface area contributed by atoms with Gasteiger partial charge in [0.15, 0.2) is 0 Å². The fourth-order valence-electron chi connectivity index (χ4n) is 1.95. The molecule has 2 heterocycles. The molecule has 5 heteroatoms. The summed E-state index contributed by atoms with van der Waals surface area (Å²) in [4.78, 5) is 6.54. The topological polar surface area (TPSA) is 54.2 Å². The summed E-state index contributed by atoms with van der Waals surface area (Å²) in [5.74, 6) is 0.777. The van der Waals surface area contributed by atoms with Gasteiger partial charge in [0.2, 0.25) is 0 Å². The zero-order chi connectivity index (χ0) is 11.5. The SMILES string of the molecule is CN1CCC(Nc2cc(N)cc(Cl)n2)CC1. The van der Waals surface area contributed by atoms with Crippen LogP contribution in [0.15, 0.2) is 12.1 Å². The minimum atomic E-state index is 0.440. The molecule has 0 aromatic carbocycles. The van der Waals surface area contributed by atoms with Crippen molar-refractivity contribution < 1.29 is 0 Å². The average molecular weight is 241 g/mol. The number of nitrogen functional groups attached to an aromatic ring is 1. The normalized spacial score (nSPS) is 18.6. The lowest BCUT2D eigenvalue weighted by Gasteiger charge is -2.29. The van der Waals surface area contributed by atoms with Crippen LogP contribution in [-0.2, 0) is 0 Å². The Labute approximate surface area is 101 Å². The van der Waals surface area contributed by atoms with E-state index in [4.69, 9.17) is 17.3 Å². The van der Waals surface area contributed by atoms with Crippen molar-refractivity contribution in [2.45, 2.75) is 18.9 Å². The zero-order valence-electron chi connectivity index (χ0n) is 9.41. The van der Waals surface area contributed by atoms with E-state index in [9.17, 15) is 0 Å². The Balaban J connectivity index is 1.98. The summed E-state index contributed by atoms with van der Waals surface area (Å²) < 4.78 is 0. The second-order valence-electron chi connectivity index (χ2n) is 4.33. The van der Waals surface area contributed by atoms with Gasteiger partial charge in [-0.25, -0.2) is 4.98 Å². The number of piperidine rings is 1. The quantitative estimate of drug-likeness (QED) is 0.775. The third kappa shape index (κ3) is 3.00. The molecule has 2 rings (SSSR count). The van der Waals surface area contributed by atoms with Crippen molar-refractivity contribution in [3.8, 4) is 0 Å². The van der Waals surface area contributed by atoms with E-state index in [1.54, 1.807) is 6.07 Å². The largest absolute Gasteiger partial charge is 0.399 e. The van der Waals surface area contributed by atoms with E-state index in [1.807, 2.05) is 6.07 Å². The number of likely N-dealkylation sites (tertiary alicyclic amines) is 1. The van der Waals surface area contributed by atoms with Crippen LogP contribution >= 0.6 is 11.6 Å². The van der Waals surface area contributed by atoms with Crippen molar-refractivity contribution in [3.63, 3.8) is 0 Å². The summed E-state index contributed by atoms with van der Waals surface area (Å²) in [5.41, 5.74) is 6.36. The molecule has 0 amide bonds. The molecule has 1 aliphatic rings. The van der Waals surface area contributed by atoms with Gasteiger partial charge in [-0.3, -0.25) is 0 Å². The minimum absolute atomic E-state index is 0.440. The maximum Gasteiger partial charge on any atom is 0.133 e. The molecule has 0 atom stereocenters. The van der Waals surface area contributed by atoms with Crippen LogP contribution in [0.5, 0.6) is 0 Å². The maximum atomic E-state index is 5.85. The molecule has 0 aliphatic carbocycles. The van der Waals surface area contributed by atoms with E-state index in [-0.39, 0.29) is 0 Å². The van der Waals surface area contributed by atoms with E-state index in [0.29, 0.717) is 16.9 Å². The van der Waals surface area contributed by atoms with Crippen LogP contribution in [0.25, 0.3) is 0 Å². The van der Waals surface area contributed by atoms with Crippen LogP contribution in [0.1, 0.15) is 12.8 Å². The van der Waals surface area contributed by atoms with Gasteiger partial charge >= 0.3 is 0 Å². The first-order chi connectivity index (χ1) is 7.63. The number of anilines is 2. The molecule has 0 radical (unpaired) electrons. The van der Waals surface area contributed by atoms with Gasteiger partial charge in [0.1, 0.15) is 11.0 Å². The molecule has 1 aliphatic heterocycles. The number of halogens is 1. The summed E-state index contributed by atoms with van der Waals surface area (Å²) >= 11 is 5.85. The molecule has 0 saturated carbocycles. The minimum Gasteiger partial charge on any atom is -0.399 e. The highest BCUT2D eigenvalue weighted by molar-refractivity contribution is 6.29. The van der Waals surface area contributed by atoms with Crippen molar-refractivity contribution in [1.82, 2.24) is 9.88 Å². The summed E-state index contributed by atoms with van der Waals surface area (Å²) in [6, 6.07) is 3.95. The Kier molecular flexibility index (Phi) is 3.51. The van der Waals surface area contributed by atoms with Crippen LogP contribution in [0.2, 0.25) is 5.15 Å². The molecule has 88 valence electrons. The predicted molar refractivity (Wildman–Crippen MR) is 67.8 cm³/mol. The summed E-state index contributed by atoms with van der Waals surface area (Å²) in [6.07, 6.45) is 2.26. The van der Waals surface area contributed by atoms with E-state index >= 15 is 0 Å². The van der Waals surface area contributed by atoms with Gasteiger partial charge in [0.05, 0.1) is 0 Å². The summed E-state index contributed by atoms with van der Waals surface area (Å²) in [6.45, 7) is 2.24. The Morgan fingerprint density at radius 2 is 2.12 bits per heavy atom. The van der Waals surface area contributed by atoms with Crippen molar-refractivity contribution in [1.29, 1.82) is 0 Å². The Morgan fingerprint density at radius 1 is 1.44 bits per heavy atom. The molecule has 1 fully saturated rings. The van der Waals surface area contributed by atoms with Gasteiger partial charge in [-0.1, -0.05) is 11.6 Å². The Hall–Kier alpha value is -1.00. The molecule has 0 unspecified atom stereocenters. The van der Waals surface area contributed by atoms with E-state index < -0.39 is 0 Å². The van der Waals surface area contributed by atoms with Crippen LogP contribution in [0.3, 0.4) is 0 Å². The smallest absolute Gasteiger partial charge is 0.133 e. The average Bonchev–Trinajstić information content (AvgIpc) is 2.20. The molecule has 1 aromatic rings. The first-order valence-electron chi connectivity index (χ1n) is 5.51. The second kappa shape index (κ2) is 4.89. The first-order valence-corrected chi connectivity index (χ1v) is 5.89. The van der Waals surface area contributed by atoms with Gasteiger partial charge in [-0.05, 0) is 39.0 Å². The predicted octanol–water partition coefficient (Wildman–Crippen LogP) is 1.82. The van der Waals surface area contributed by atoms with Crippen molar-refractivity contribution in [2.75, 3.05) is 31.2 Å². The fourth-order valence-corrected chi connectivity index (χ4v) is 2.17. The highest BCUT2D eigenvalue weighted by Crippen LogP contribution is 2.19. The van der Waals surface area contributed by atoms with Crippen LogP contribution in [0, 0.1) is 0 Å². The van der Waals surface area contributed by atoms with Crippen molar-refractivity contribution >= 4 is 23.1 Å². The van der Waals surface area contributed by atoms with E-state index in [1.165, 1.54) is 0 Å². The highest BCUT2D eigenvalue weighted by atomic mass is 35.5. The number of nitrogens with one attached hydrogen (secondary N) is 1. The molecular formula is C11H17ClN4. The number of hydrogen-bond acceptors (Lipinski definition) is 4. The lowest BCUT2D eigenvalue weighted by molar-refractivity contribution is 0.263. The third-order valence-electron chi connectivity index (χ3n) is 2.89. The first kappa shape index (κ1) is 11.5. The fraction of sp³-hybridized carbons (Fsp3) is 0.545. The standard InChI is InChI=1S/C11H17ClN4/c1-16-4-2-9(3-5-16)14-11-7-8(13)6-10(12)15-11/h6-7,9H,2-5H2,1H3,(H3,13,14,15). The molecule has 0 bridgehead atoms. The molecular weight excluding hydrogens is 224 g/mol. The van der Waals surface area contributed by atoms with Gasteiger partial charge in [0.25, 0.3) is 0 Å². The van der Waals surface area contributed by atoms with Crippen LogP contribution in [0.4, 0.5) is 11.5 Å². The molecule has 4 nitrogen and oxygen atoms in total. The molecule has 0 spiro atoms. The number of nitrogens with zero attached hydrogens (tertiary/aromatic N) is 2. The highest BCUT2D eigenvalue weighted by Gasteiger charge is 2.16. The van der Waals surface area contributed by atoms with Crippen LogP contribution in [-0.4, -0.2) is 36.1 Å². The van der Waals surface area contributed by atoms with Crippen molar-refractivity contribution in [2.24, 2.45) is 0 Å². The van der Waals surface area contributed by atoms with Gasteiger partial charge < -0.3 is 16.0 Å². The molecule has 16 heavy (non-hydrogen) atoms. The number of nitrogens with two attached hydrogens (primary N) is 1. The van der Waals surface area contributed by atoms with E-state index in [0.717, 1.165) is 31.7 Å². The Bertz CT molecular complexity index is 341. The number of aromatic nitrogens is 1. The second-order valence-corrected chi connectivity index (χ2v) is 4.72. The zero-order valence-corrected chi connectivity index (χ0v) is 10.2. The molecule has 3 N–H and O–H groups in total. The lowest BCUT2D eigenvalue weighted by atomic mass is 10.1. The monoisotopic (exact) mass is 240 g/mol. The number of pyridine rings is 1. The van der Waals surface area contributed by atoms with Crippen LogP contribution < -0.4 is 11.1 Å². The number of rotatable bonds is 2. The van der Waals surface area contributed by atoms with Crippen molar-refractivity contribution in [3.05, 3.63) is 17.3 Å². The summed E-state index contributed by atoms with van der Waals surface area (Å²) in [7, 11) is 2.14. The van der Waals surface area contributed by atoms with Gasteiger partial charge in [-0.2, -0.15) is 0 Å². The Morgan fingerprint density at radius 3 is 2.75 bits per heavy atom.